The number of aromatic nitrogens is 2. The standard InChI is InChI=1S/C9H10Cl2N4O/c10-5-6(11)13-4-14-7(5)15-8(16)9(12)2-1-3-9/h4H,1-3,12H2,(H,13,14,15,16). The van der Waals surface area contributed by atoms with E-state index in [0.717, 1.165) is 6.42 Å². The molecule has 3 N–H and O–H groups in total. The summed E-state index contributed by atoms with van der Waals surface area (Å²) in [4.78, 5) is 19.3. The second-order valence-corrected chi connectivity index (χ2v) is 4.53. The first-order valence-electron chi connectivity index (χ1n) is 4.79. The maximum Gasteiger partial charge on any atom is 0.245 e. The third kappa shape index (κ3) is 1.98. The molecule has 1 amide bonds. The third-order valence-electron chi connectivity index (χ3n) is 2.68. The SMILES string of the molecule is NC1(C(=O)Nc2ncnc(Cl)c2Cl)CCC1. The van der Waals surface area contributed by atoms with Crippen LogP contribution in [0.5, 0.6) is 0 Å². The van der Waals surface area contributed by atoms with Gasteiger partial charge in [-0.05, 0) is 19.3 Å². The summed E-state index contributed by atoms with van der Waals surface area (Å²) in [5.74, 6) is -0.0844. The lowest BCUT2D eigenvalue weighted by atomic mass is 9.77. The van der Waals surface area contributed by atoms with Crippen LogP contribution >= 0.6 is 23.2 Å². The van der Waals surface area contributed by atoms with Crippen LogP contribution in [0.2, 0.25) is 10.2 Å². The Morgan fingerprint density at radius 3 is 2.69 bits per heavy atom. The molecular formula is C9H10Cl2N4O. The highest BCUT2D eigenvalue weighted by Gasteiger charge is 2.40. The molecule has 5 nitrogen and oxygen atoms in total. The molecule has 1 aliphatic carbocycles. The smallest absolute Gasteiger partial charge is 0.245 e. The molecule has 1 saturated carbocycles. The Balaban J connectivity index is 2.15. The van der Waals surface area contributed by atoms with Crippen LogP contribution in [0, 0.1) is 0 Å². The first-order chi connectivity index (χ1) is 7.53. The predicted octanol–water partition coefficient (Wildman–Crippen LogP) is 1.60. The Hall–Kier alpha value is -0.910. The molecule has 7 heteroatoms. The number of hydrogen-bond donors (Lipinski definition) is 2. The van der Waals surface area contributed by atoms with Crippen molar-refractivity contribution in [3.63, 3.8) is 0 Å². The van der Waals surface area contributed by atoms with Crippen molar-refractivity contribution >= 4 is 34.9 Å². The molecule has 16 heavy (non-hydrogen) atoms. The molecule has 0 bridgehead atoms. The number of nitrogens with zero attached hydrogens (tertiary/aromatic N) is 2. The van der Waals surface area contributed by atoms with Gasteiger partial charge in [0, 0.05) is 0 Å². The number of nitrogens with two attached hydrogens (primary N) is 1. The van der Waals surface area contributed by atoms with Crippen LogP contribution in [0.4, 0.5) is 5.82 Å². The van der Waals surface area contributed by atoms with Crippen molar-refractivity contribution in [2.45, 2.75) is 24.8 Å². The highest BCUT2D eigenvalue weighted by molar-refractivity contribution is 6.43. The van der Waals surface area contributed by atoms with Crippen molar-refractivity contribution in [3.8, 4) is 0 Å². The minimum absolute atomic E-state index is 0.103. The number of hydrogen-bond acceptors (Lipinski definition) is 4. The maximum absolute atomic E-state index is 11.8. The first-order valence-corrected chi connectivity index (χ1v) is 5.55. The highest BCUT2D eigenvalue weighted by atomic mass is 35.5. The second kappa shape index (κ2) is 4.16. The minimum Gasteiger partial charge on any atom is -0.317 e. The zero-order valence-corrected chi connectivity index (χ0v) is 9.85. The van der Waals surface area contributed by atoms with Gasteiger partial charge in [-0.15, -0.1) is 0 Å². The zero-order valence-electron chi connectivity index (χ0n) is 8.33. The molecule has 0 aromatic carbocycles. The molecule has 86 valence electrons. The minimum atomic E-state index is -0.791. The van der Waals surface area contributed by atoms with E-state index in [1.807, 2.05) is 0 Å². The van der Waals surface area contributed by atoms with Crippen LogP contribution < -0.4 is 11.1 Å². The van der Waals surface area contributed by atoms with Crippen LogP contribution in [0.15, 0.2) is 6.33 Å². The van der Waals surface area contributed by atoms with E-state index in [2.05, 4.69) is 15.3 Å². The lowest BCUT2D eigenvalue weighted by Gasteiger charge is -2.35. The summed E-state index contributed by atoms with van der Waals surface area (Å²) in [7, 11) is 0. The largest absolute Gasteiger partial charge is 0.317 e. The van der Waals surface area contributed by atoms with E-state index in [4.69, 9.17) is 28.9 Å². The van der Waals surface area contributed by atoms with Gasteiger partial charge in [0.25, 0.3) is 0 Å². The Labute approximate surface area is 102 Å². The molecule has 1 fully saturated rings. The first kappa shape index (κ1) is 11.6. The predicted molar refractivity (Wildman–Crippen MR) is 61.5 cm³/mol. The normalized spacial score (nSPS) is 17.7. The van der Waals surface area contributed by atoms with Crippen LogP contribution in [-0.4, -0.2) is 21.4 Å². The number of rotatable bonds is 2. The number of carbonyl (C=O) groups excluding carboxylic acids is 1. The van der Waals surface area contributed by atoms with Gasteiger partial charge in [0.15, 0.2) is 11.0 Å². The second-order valence-electron chi connectivity index (χ2n) is 3.79. The van der Waals surface area contributed by atoms with Gasteiger partial charge in [-0.3, -0.25) is 4.79 Å². The monoisotopic (exact) mass is 260 g/mol. The van der Waals surface area contributed by atoms with E-state index in [1.165, 1.54) is 6.33 Å². The van der Waals surface area contributed by atoms with E-state index >= 15 is 0 Å². The van der Waals surface area contributed by atoms with Gasteiger partial charge in [-0.2, -0.15) is 0 Å². The Morgan fingerprint density at radius 2 is 2.12 bits per heavy atom. The summed E-state index contributed by atoms with van der Waals surface area (Å²) in [5, 5.41) is 2.79. The fraction of sp³-hybridized carbons (Fsp3) is 0.444. The van der Waals surface area contributed by atoms with Gasteiger partial charge < -0.3 is 11.1 Å². The fourth-order valence-corrected chi connectivity index (χ4v) is 1.73. The number of anilines is 1. The van der Waals surface area contributed by atoms with Crippen LogP contribution in [-0.2, 0) is 4.79 Å². The van der Waals surface area contributed by atoms with Crippen molar-refractivity contribution in [1.29, 1.82) is 0 Å². The summed E-state index contributed by atoms with van der Waals surface area (Å²) < 4.78 is 0. The van der Waals surface area contributed by atoms with Crippen molar-refractivity contribution in [2.75, 3.05) is 5.32 Å². The lowest BCUT2D eigenvalue weighted by Crippen LogP contribution is -2.56. The third-order valence-corrected chi connectivity index (χ3v) is 3.42. The molecule has 0 aliphatic heterocycles. The molecule has 1 aromatic rings. The average molecular weight is 261 g/mol. The van der Waals surface area contributed by atoms with Crippen LogP contribution in [0.1, 0.15) is 19.3 Å². The number of nitrogens with one attached hydrogen (secondary N) is 1. The number of amides is 1. The highest BCUT2D eigenvalue weighted by Crippen LogP contribution is 2.31. The molecule has 0 atom stereocenters. The zero-order chi connectivity index (χ0) is 11.8. The summed E-state index contributed by atoms with van der Waals surface area (Å²) in [5.41, 5.74) is 5.06. The van der Waals surface area contributed by atoms with Gasteiger partial charge in [-0.25, -0.2) is 9.97 Å². The Morgan fingerprint density at radius 1 is 1.44 bits per heavy atom. The van der Waals surface area contributed by atoms with E-state index in [1.54, 1.807) is 0 Å². The van der Waals surface area contributed by atoms with Crippen LogP contribution in [0.3, 0.4) is 0 Å². The van der Waals surface area contributed by atoms with Gasteiger partial charge >= 0.3 is 0 Å². The van der Waals surface area contributed by atoms with Crippen molar-refractivity contribution in [2.24, 2.45) is 5.73 Å². The Kier molecular flexibility index (Phi) is 3.01. The number of halogens is 2. The van der Waals surface area contributed by atoms with Gasteiger partial charge in [0.1, 0.15) is 11.3 Å². The van der Waals surface area contributed by atoms with Gasteiger partial charge in [-0.1, -0.05) is 23.2 Å². The van der Waals surface area contributed by atoms with Crippen molar-refractivity contribution < 1.29 is 4.79 Å². The molecule has 0 radical (unpaired) electrons. The molecule has 0 unspecified atom stereocenters. The molecule has 1 heterocycles. The van der Waals surface area contributed by atoms with Crippen molar-refractivity contribution in [1.82, 2.24) is 9.97 Å². The summed E-state index contributed by atoms with van der Waals surface area (Å²) in [6.45, 7) is 0. The van der Waals surface area contributed by atoms with E-state index in [0.29, 0.717) is 12.8 Å². The molecule has 1 aliphatic rings. The molecular weight excluding hydrogens is 251 g/mol. The number of carbonyl (C=O) groups is 1. The molecule has 0 saturated heterocycles. The lowest BCUT2D eigenvalue weighted by molar-refractivity contribution is -0.123. The fourth-order valence-electron chi connectivity index (χ4n) is 1.45. The average Bonchev–Trinajstić information content (AvgIpc) is 2.21. The van der Waals surface area contributed by atoms with Crippen molar-refractivity contribution in [3.05, 3.63) is 16.5 Å². The molecule has 0 spiro atoms. The maximum atomic E-state index is 11.8. The van der Waals surface area contributed by atoms with Gasteiger partial charge in [0.2, 0.25) is 5.91 Å². The van der Waals surface area contributed by atoms with E-state index in [9.17, 15) is 4.79 Å². The Bertz CT molecular complexity index is 434. The quantitative estimate of drug-likeness (QED) is 0.792. The molecule has 1 aromatic heterocycles. The van der Waals surface area contributed by atoms with Crippen LogP contribution in [0.25, 0.3) is 0 Å². The van der Waals surface area contributed by atoms with Gasteiger partial charge in [0.05, 0.1) is 5.54 Å². The topological polar surface area (TPSA) is 80.9 Å². The van der Waals surface area contributed by atoms with E-state index < -0.39 is 5.54 Å². The molecule has 2 rings (SSSR count). The summed E-state index contributed by atoms with van der Waals surface area (Å²) in [6.07, 6.45) is 3.54. The summed E-state index contributed by atoms with van der Waals surface area (Å²) in [6, 6.07) is 0. The summed E-state index contributed by atoms with van der Waals surface area (Å²) >= 11 is 11.5. The van der Waals surface area contributed by atoms with E-state index in [-0.39, 0.29) is 21.9 Å².